The van der Waals surface area contributed by atoms with Crippen molar-refractivity contribution in [2.24, 2.45) is 0 Å². The van der Waals surface area contributed by atoms with Crippen LogP contribution in [0.3, 0.4) is 0 Å². The Morgan fingerprint density at radius 2 is 1.83 bits per heavy atom. The number of methoxy groups -OCH3 is 1. The second-order valence-electron chi connectivity index (χ2n) is 7.60. The van der Waals surface area contributed by atoms with Crippen LogP contribution in [0.25, 0.3) is 0 Å². The van der Waals surface area contributed by atoms with Gasteiger partial charge in [0.05, 0.1) is 45.4 Å². The number of piperazine rings is 1. The Bertz CT molecular complexity index is 941. The molecule has 0 aromatic heterocycles. The lowest BCUT2D eigenvalue weighted by molar-refractivity contribution is -0.915. The molecule has 2 fully saturated rings. The number of halogens is 1. The van der Waals surface area contributed by atoms with E-state index in [-0.39, 0.29) is 24.3 Å². The topological polar surface area (TPSA) is 54.3 Å². The van der Waals surface area contributed by atoms with Crippen molar-refractivity contribution in [1.82, 2.24) is 0 Å². The Hall–Kier alpha value is -2.57. The number of aryl methyl sites for hydroxylation is 1. The van der Waals surface area contributed by atoms with Crippen molar-refractivity contribution in [3.63, 3.8) is 0 Å². The van der Waals surface area contributed by atoms with Gasteiger partial charge in [-0.3, -0.25) is 9.59 Å². The first-order valence-corrected chi connectivity index (χ1v) is 10.2. The predicted molar refractivity (Wildman–Crippen MR) is 113 cm³/mol. The number of rotatable bonds is 4. The highest BCUT2D eigenvalue weighted by Crippen LogP contribution is 2.27. The van der Waals surface area contributed by atoms with Crippen LogP contribution < -0.4 is 19.4 Å². The summed E-state index contributed by atoms with van der Waals surface area (Å²) in [7, 11) is 1.66. The first-order valence-electron chi connectivity index (χ1n) is 9.84. The summed E-state index contributed by atoms with van der Waals surface area (Å²) in [6.45, 7) is 5.18. The lowest BCUT2D eigenvalue weighted by atomic mass is 10.1. The van der Waals surface area contributed by atoms with Gasteiger partial charge in [0.15, 0.2) is 6.04 Å². The highest BCUT2D eigenvalue weighted by atomic mass is 35.5. The zero-order valence-corrected chi connectivity index (χ0v) is 17.4. The summed E-state index contributed by atoms with van der Waals surface area (Å²) in [4.78, 5) is 30.4. The molecule has 1 N–H and O–H groups in total. The van der Waals surface area contributed by atoms with Crippen LogP contribution in [0.4, 0.5) is 11.4 Å². The Labute approximate surface area is 175 Å². The van der Waals surface area contributed by atoms with Crippen molar-refractivity contribution >= 4 is 34.8 Å². The fourth-order valence-corrected chi connectivity index (χ4v) is 4.33. The summed E-state index contributed by atoms with van der Waals surface area (Å²) in [5, 5.41) is 0.561. The average Bonchev–Trinajstić information content (AvgIpc) is 3.04. The number of hydrogen-bond acceptors (Lipinski definition) is 4. The van der Waals surface area contributed by atoms with Gasteiger partial charge in [0.2, 0.25) is 5.91 Å². The number of carbonyl (C=O) groups is 2. The van der Waals surface area contributed by atoms with Crippen molar-refractivity contribution in [2.45, 2.75) is 19.4 Å². The molecule has 4 rings (SSSR count). The number of nitrogens with one attached hydrogen (secondary N) is 1. The van der Waals surface area contributed by atoms with Gasteiger partial charge in [-0.25, -0.2) is 4.90 Å². The summed E-state index contributed by atoms with van der Waals surface area (Å²) in [6.07, 6.45) is 0.249. The summed E-state index contributed by atoms with van der Waals surface area (Å²) in [6, 6.07) is 13.0. The number of ether oxygens (including phenoxy) is 1. The van der Waals surface area contributed by atoms with Crippen molar-refractivity contribution in [2.75, 3.05) is 43.1 Å². The van der Waals surface area contributed by atoms with E-state index in [0.29, 0.717) is 10.7 Å². The maximum absolute atomic E-state index is 13.1. The number of amides is 2. The molecule has 1 atom stereocenters. The Kier molecular flexibility index (Phi) is 5.48. The number of imide groups is 1. The molecule has 0 aliphatic carbocycles. The molecule has 2 aromatic carbocycles. The lowest BCUT2D eigenvalue weighted by Gasteiger charge is -2.35. The van der Waals surface area contributed by atoms with Gasteiger partial charge in [0.25, 0.3) is 5.91 Å². The van der Waals surface area contributed by atoms with Crippen LogP contribution in [0.5, 0.6) is 5.75 Å². The molecule has 2 aliphatic heterocycles. The zero-order valence-electron chi connectivity index (χ0n) is 16.7. The van der Waals surface area contributed by atoms with E-state index in [2.05, 4.69) is 11.0 Å². The summed E-state index contributed by atoms with van der Waals surface area (Å²) >= 11 is 6.20. The second-order valence-corrected chi connectivity index (χ2v) is 8.01. The lowest BCUT2D eigenvalue weighted by Crippen LogP contribution is -3.19. The molecule has 0 radical (unpaired) electrons. The number of quaternary nitrogens is 1. The number of anilines is 2. The molecule has 0 saturated carbocycles. The minimum Gasteiger partial charge on any atom is -0.497 e. The highest BCUT2D eigenvalue weighted by molar-refractivity contribution is 6.32. The molecule has 2 aliphatic rings. The Morgan fingerprint density at radius 1 is 1.07 bits per heavy atom. The van der Waals surface area contributed by atoms with E-state index >= 15 is 0 Å². The predicted octanol–water partition coefficient (Wildman–Crippen LogP) is 1.69. The minimum absolute atomic E-state index is 0.125. The molecule has 6 nitrogen and oxygen atoms in total. The van der Waals surface area contributed by atoms with Crippen LogP contribution in [0.15, 0.2) is 42.5 Å². The van der Waals surface area contributed by atoms with Crippen LogP contribution in [-0.4, -0.2) is 51.1 Å². The smallest absolute Gasteiger partial charge is 0.292 e. The third kappa shape index (κ3) is 3.82. The van der Waals surface area contributed by atoms with Gasteiger partial charge in [-0.1, -0.05) is 23.7 Å². The molecule has 0 spiro atoms. The first kappa shape index (κ1) is 19.7. The quantitative estimate of drug-likeness (QED) is 0.774. The number of benzene rings is 2. The summed E-state index contributed by atoms with van der Waals surface area (Å²) < 4.78 is 5.31. The van der Waals surface area contributed by atoms with Gasteiger partial charge in [0, 0.05) is 16.8 Å². The maximum Gasteiger partial charge on any atom is 0.292 e. The number of hydrogen-bond donors (Lipinski definition) is 1. The summed E-state index contributed by atoms with van der Waals surface area (Å²) in [5.41, 5.74) is 2.60. The minimum atomic E-state index is -0.324. The third-order valence-corrected chi connectivity index (χ3v) is 6.28. The van der Waals surface area contributed by atoms with Crippen molar-refractivity contribution < 1.29 is 19.2 Å². The zero-order chi connectivity index (χ0) is 20.5. The molecule has 2 aromatic rings. The molecule has 2 heterocycles. The molecular formula is C22H25ClN3O3+. The van der Waals surface area contributed by atoms with E-state index in [4.69, 9.17) is 16.3 Å². The molecule has 2 amide bonds. The fourth-order valence-electron chi connectivity index (χ4n) is 4.15. The van der Waals surface area contributed by atoms with Crippen LogP contribution in [0.2, 0.25) is 5.02 Å². The molecular weight excluding hydrogens is 390 g/mol. The van der Waals surface area contributed by atoms with E-state index in [1.807, 2.05) is 31.2 Å². The largest absolute Gasteiger partial charge is 0.497 e. The average molecular weight is 415 g/mol. The third-order valence-electron chi connectivity index (χ3n) is 5.88. The monoisotopic (exact) mass is 414 g/mol. The SMILES string of the molecule is COc1cccc(N2CC[NH+]([C@H]3CC(=O)N(c4ccc(C)c(Cl)c4)C3=O)CC2)c1. The molecule has 0 bridgehead atoms. The van der Waals surface area contributed by atoms with Crippen LogP contribution >= 0.6 is 11.6 Å². The maximum atomic E-state index is 13.1. The van der Waals surface area contributed by atoms with E-state index in [1.165, 1.54) is 9.80 Å². The molecule has 0 unspecified atom stereocenters. The molecule has 29 heavy (non-hydrogen) atoms. The van der Waals surface area contributed by atoms with E-state index < -0.39 is 0 Å². The number of carbonyl (C=O) groups excluding carboxylic acids is 2. The van der Waals surface area contributed by atoms with Crippen LogP contribution in [-0.2, 0) is 9.59 Å². The Morgan fingerprint density at radius 3 is 2.52 bits per heavy atom. The molecule has 2 saturated heterocycles. The first-order chi connectivity index (χ1) is 14.0. The standard InChI is InChI=1S/C22H24ClN3O3/c1-15-6-7-17(13-19(15)23)26-21(27)14-20(22(26)28)25-10-8-24(9-11-25)16-4-3-5-18(12-16)29-2/h3-7,12-13,20H,8-11,14H2,1-2H3/p+1/t20-/m0/s1. The normalized spacial score (nSPS) is 20.4. The molecule has 152 valence electrons. The van der Waals surface area contributed by atoms with Gasteiger partial charge in [-0.2, -0.15) is 0 Å². The van der Waals surface area contributed by atoms with Crippen molar-refractivity contribution in [3.8, 4) is 5.75 Å². The second kappa shape index (κ2) is 8.05. The van der Waals surface area contributed by atoms with Crippen LogP contribution in [0.1, 0.15) is 12.0 Å². The molecule has 7 heteroatoms. The number of nitrogens with zero attached hydrogens (tertiary/aromatic N) is 2. The van der Waals surface area contributed by atoms with Crippen molar-refractivity contribution in [1.29, 1.82) is 0 Å². The van der Waals surface area contributed by atoms with Crippen molar-refractivity contribution in [3.05, 3.63) is 53.1 Å². The van der Waals surface area contributed by atoms with Gasteiger partial charge >= 0.3 is 0 Å². The van der Waals surface area contributed by atoms with E-state index in [1.54, 1.807) is 19.2 Å². The van der Waals surface area contributed by atoms with Gasteiger partial charge in [0.1, 0.15) is 5.75 Å². The summed E-state index contributed by atoms with van der Waals surface area (Å²) in [5.74, 6) is 0.559. The van der Waals surface area contributed by atoms with E-state index in [9.17, 15) is 9.59 Å². The van der Waals surface area contributed by atoms with Gasteiger partial charge in [-0.05, 0) is 36.8 Å². The van der Waals surface area contributed by atoms with E-state index in [0.717, 1.165) is 43.2 Å². The highest BCUT2D eigenvalue weighted by Gasteiger charge is 2.46. The fraction of sp³-hybridized carbons (Fsp3) is 0.364. The Balaban J connectivity index is 1.44. The van der Waals surface area contributed by atoms with Gasteiger partial charge < -0.3 is 14.5 Å². The van der Waals surface area contributed by atoms with Gasteiger partial charge in [-0.15, -0.1) is 0 Å². The van der Waals surface area contributed by atoms with Crippen LogP contribution in [0, 0.1) is 6.92 Å².